The van der Waals surface area contributed by atoms with Gasteiger partial charge in [-0.25, -0.2) is 0 Å². The Bertz CT molecular complexity index is 1110. The van der Waals surface area contributed by atoms with E-state index in [-0.39, 0.29) is 0 Å². The third-order valence-corrected chi connectivity index (χ3v) is 7.98. The molecule has 1 N–H and O–H groups in total. The highest BCUT2D eigenvalue weighted by Gasteiger charge is 2.52. The van der Waals surface area contributed by atoms with Gasteiger partial charge in [-0.2, -0.15) is 0 Å². The van der Waals surface area contributed by atoms with Gasteiger partial charge in [0.1, 0.15) is 0 Å². The molecule has 0 heterocycles. The highest BCUT2D eigenvalue weighted by molar-refractivity contribution is 5.52. The second kappa shape index (κ2) is 12.0. The van der Waals surface area contributed by atoms with Crippen molar-refractivity contribution in [1.82, 2.24) is 5.32 Å². The second-order valence-corrected chi connectivity index (χ2v) is 11.8. The molecule has 2 aliphatic rings. The molecule has 0 amide bonds. The highest BCUT2D eigenvalue weighted by atomic mass is 15.0. The van der Waals surface area contributed by atoms with Gasteiger partial charge >= 0.3 is 0 Å². The molecule has 3 rings (SSSR count). The largest absolute Gasteiger partial charge is 0.382 e. The van der Waals surface area contributed by atoms with Gasteiger partial charge in [0.25, 0.3) is 0 Å². The third kappa shape index (κ3) is 6.90. The van der Waals surface area contributed by atoms with E-state index in [0.29, 0.717) is 11.5 Å². The van der Waals surface area contributed by atoms with Gasteiger partial charge in [0, 0.05) is 11.7 Å². The molecule has 2 saturated carbocycles. The van der Waals surface area contributed by atoms with E-state index in [9.17, 15) is 0 Å². The molecule has 0 radical (unpaired) electrons. The fourth-order valence-electron chi connectivity index (χ4n) is 6.09. The third-order valence-electron chi connectivity index (χ3n) is 7.98. The summed E-state index contributed by atoms with van der Waals surface area (Å²) >= 11 is 0. The molecule has 0 aliphatic heterocycles. The van der Waals surface area contributed by atoms with Crippen LogP contribution in [0.15, 0.2) is 107 Å². The van der Waals surface area contributed by atoms with Crippen LogP contribution in [0, 0.1) is 18.3 Å². The zero-order valence-corrected chi connectivity index (χ0v) is 23.6. The quantitative estimate of drug-likeness (QED) is 0.245. The molecule has 1 nitrogen and oxygen atoms in total. The van der Waals surface area contributed by atoms with Crippen LogP contribution < -0.4 is 5.32 Å². The molecule has 0 saturated heterocycles. The van der Waals surface area contributed by atoms with Crippen LogP contribution in [0.2, 0.25) is 0 Å². The SMILES string of the molecule is C=C/C=C(\C=C/Cc1cccc(C)c1)CC(=C(C)C)C(C(=C)NC1CC2(C1)CC(C(=C)C)C2)=C(C)C. The van der Waals surface area contributed by atoms with E-state index in [1.807, 2.05) is 6.08 Å². The van der Waals surface area contributed by atoms with E-state index >= 15 is 0 Å². The summed E-state index contributed by atoms with van der Waals surface area (Å²) in [4.78, 5) is 0. The van der Waals surface area contributed by atoms with Crippen LogP contribution >= 0.6 is 0 Å². The van der Waals surface area contributed by atoms with Gasteiger partial charge in [-0.3, -0.25) is 0 Å². The predicted molar refractivity (Wildman–Crippen MR) is 159 cm³/mol. The normalized spacial score (nSPS) is 23.0. The van der Waals surface area contributed by atoms with Crippen molar-refractivity contribution >= 4 is 0 Å². The average Bonchev–Trinajstić information content (AvgIpc) is 2.73. The summed E-state index contributed by atoms with van der Waals surface area (Å²) in [6.07, 6.45) is 15.5. The van der Waals surface area contributed by atoms with Gasteiger partial charge in [-0.15, -0.1) is 0 Å². The van der Waals surface area contributed by atoms with Crippen LogP contribution in [0.3, 0.4) is 0 Å². The minimum absolute atomic E-state index is 0.536. The fraction of sp³-hybridized carbons (Fsp3) is 0.429. The molecular formula is C35H47N. The maximum absolute atomic E-state index is 4.52. The molecule has 192 valence electrons. The molecule has 0 bridgehead atoms. The number of nitrogens with one attached hydrogen (secondary N) is 1. The number of rotatable bonds is 11. The molecule has 0 unspecified atom stereocenters. The molecule has 0 atom stereocenters. The first-order valence-electron chi connectivity index (χ1n) is 13.5. The Hall–Kier alpha value is -2.80. The van der Waals surface area contributed by atoms with Crippen molar-refractivity contribution in [1.29, 1.82) is 0 Å². The summed E-state index contributed by atoms with van der Waals surface area (Å²) in [6.45, 7) is 25.9. The van der Waals surface area contributed by atoms with Crippen LogP contribution in [0.1, 0.15) is 77.8 Å². The lowest BCUT2D eigenvalue weighted by atomic mass is 9.49. The van der Waals surface area contributed by atoms with E-state index in [1.54, 1.807) is 0 Å². The lowest BCUT2D eigenvalue weighted by Crippen LogP contribution is -2.55. The Morgan fingerprint density at radius 1 is 1.03 bits per heavy atom. The van der Waals surface area contributed by atoms with Crippen molar-refractivity contribution in [2.75, 3.05) is 0 Å². The highest BCUT2D eigenvalue weighted by Crippen LogP contribution is 2.60. The number of hydrogen-bond donors (Lipinski definition) is 1. The van der Waals surface area contributed by atoms with Crippen molar-refractivity contribution in [3.63, 3.8) is 0 Å². The van der Waals surface area contributed by atoms with E-state index in [0.717, 1.165) is 24.5 Å². The summed E-state index contributed by atoms with van der Waals surface area (Å²) in [6, 6.07) is 9.27. The summed E-state index contributed by atoms with van der Waals surface area (Å²) in [7, 11) is 0. The van der Waals surface area contributed by atoms with Gasteiger partial charge < -0.3 is 5.32 Å². The van der Waals surface area contributed by atoms with E-state index in [1.165, 1.54) is 70.2 Å². The van der Waals surface area contributed by atoms with Crippen LogP contribution in [0.5, 0.6) is 0 Å². The van der Waals surface area contributed by atoms with Crippen LogP contribution in [-0.4, -0.2) is 6.04 Å². The first-order chi connectivity index (χ1) is 17.0. The van der Waals surface area contributed by atoms with Gasteiger partial charge in [0.15, 0.2) is 0 Å². The number of allylic oxidation sites excluding steroid dienone is 9. The Kier molecular flexibility index (Phi) is 9.23. The van der Waals surface area contributed by atoms with E-state index in [2.05, 4.69) is 109 Å². The smallest absolute Gasteiger partial charge is 0.0345 e. The molecule has 2 aliphatic carbocycles. The van der Waals surface area contributed by atoms with Crippen molar-refractivity contribution in [2.24, 2.45) is 11.3 Å². The Labute approximate surface area is 221 Å². The molecule has 1 aromatic carbocycles. The van der Waals surface area contributed by atoms with Gasteiger partial charge in [0.05, 0.1) is 0 Å². The van der Waals surface area contributed by atoms with Gasteiger partial charge in [-0.1, -0.05) is 90.6 Å². The second-order valence-electron chi connectivity index (χ2n) is 11.8. The molecule has 36 heavy (non-hydrogen) atoms. The van der Waals surface area contributed by atoms with Crippen molar-refractivity contribution in [2.45, 2.75) is 86.1 Å². The number of aryl methyl sites for hydroxylation is 1. The number of benzene rings is 1. The van der Waals surface area contributed by atoms with Gasteiger partial charge in [0.2, 0.25) is 0 Å². The standard InChI is InChI=1S/C35H47N/c1-10-13-29(16-12-17-30-15-11-14-27(8)18-30)19-33(25(4)5)34(26(6)7)28(9)36-32-22-35(23-32)20-31(21-35)24(2)3/h10-16,18,31-32,36H,1-2,9,17,19-23H2,3-8H3/b16-12-,29-13+. The maximum atomic E-state index is 4.52. The lowest BCUT2D eigenvalue weighted by Gasteiger charge is -2.58. The van der Waals surface area contributed by atoms with Crippen LogP contribution in [0.25, 0.3) is 0 Å². The van der Waals surface area contributed by atoms with Crippen molar-refractivity contribution < 1.29 is 0 Å². The Morgan fingerprint density at radius 2 is 1.72 bits per heavy atom. The summed E-state index contributed by atoms with van der Waals surface area (Å²) in [5.41, 5.74) is 12.2. The minimum atomic E-state index is 0.536. The van der Waals surface area contributed by atoms with Crippen LogP contribution in [0.4, 0.5) is 0 Å². The summed E-state index contributed by atoms with van der Waals surface area (Å²) in [5, 5.41) is 3.81. The molecule has 1 heteroatoms. The van der Waals surface area contributed by atoms with Crippen molar-refractivity contribution in [3.05, 3.63) is 119 Å². The summed E-state index contributed by atoms with van der Waals surface area (Å²) < 4.78 is 0. The topological polar surface area (TPSA) is 12.0 Å². The molecular weight excluding hydrogens is 434 g/mol. The Balaban J connectivity index is 1.67. The predicted octanol–water partition coefficient (Wildman–Crippen LogP) is 9.51. The number of hydrogen-bond acceptors (Lipinski definition) is 1. The molecule has 1 aromatic rings. The maximum Gasteiger partial charge on any atom is 0.0345 e. The fourth-order valence-corrected chi connectivity index (χ4v) is 6.09. The molecule has 2 fully saturated rings. The van der Waals surface area contributed by atoms with E-state index < -0.39 is 0 Å². The lowest BCUT2D eigenvalue weighted by molar-refractivity contribution is -0.0327. The monoisotopic (exact) mass is 481 g/mol. The molecule has 0 aromatic heterocycles. The zero-order valence-electron chi connectivity index (χ0n) is 23.6. The van der Waals surface area contributed by atoms with Crippen molar-refractivity contribution in [3.8, 4) is 0 Å². The first-order valence-corrected chi connectivity index (χ1v) is 13.5. The van der Waals surface area contributed by atoms with Crippen LogP contribution in [-0.2, 0) is 6.42 Å². The van der Waals surface area contributed by atoms with E-state index in [4.69, 9.17) is 0 Å². The van der Waals surface area contributed by atoms with Gasteiger partial charge in [-0.05, 0) is 114 Å². The first kappa shape index (κ1) is 27.8. The zero-order chi connectivity index (χ0) is 26.5. The molecule has 1 spiro atoms. The Morgan fingerprint density at radius 3 is 2.28 bits per heavy atom. The summed E-state index contributed by atoms with van der Waals surface area (Å²) in [5.74, 6) is 0.744. The average molecular weight is 482 g/mol. The minimum Gasteiger partial charge on any atom is -0.382 e.